The van der Waals surface area contributed by atoms with Gasteiger partial charge in [-0.25, -0.2) is 0 Å². The molecule has 1 amide bonds. The number of hydrogen-bond acceptors (Lipinski definition) is 2. The molecule has 0 saturated heterocycles. The maximum Gasteiger partial charge on any atom is 0.323 e. The molecule has 0 aliphatic carbocycles. The zero-order chi connectivity index (χ0) is 20.0. The second-order valence-corrected chi connectivity index (χ2v) is 7.14. The number of aliphatic carboxylic acids is 1. The molecule has 0 saturated carbocycles. The van der Waals surface area contributed by atoms with Gasteiger partial charge in [0, 0.05) is 22.0 Å². The van der Waals surface area contributed by atoms with E-state index >= 15 is 0 Å². The number of aromatic nitrogens is 1. The summed E-state index contributed by atoms with van der Waals surface area (Å²) in [5.74, 6) is -1.28. The summed E-state index contributed by atoms with van der Waals surface area (Å²) in [5, 5.41) is 10.5. The van der Waals surface area contributed by atoms with Crippen LogP contribution >= 0.6 is 0 Å². The van der Waals surface area contributed by atoms with Gasteiger partial charge < -0.3 is 15.0 Å². The van der Waals surface area contributed by atoms with Crippen LogP contribution in [0.5, 0.6) is 0 Å². The molecule has 3 aromatic carbocycles. The van der Waals surface area contributed by atoms with Gasteiger partial charge in [-0.05, 0) is 23.3 Å². The first-order valence-electron chi connectivity index (χ1n) is 9.43. The monoisotopic (exact) mass is 382 g/mol. The smallest absolute Gasteiger partial charge is 0.323 e. The number of H-pyrrole nitrogens is 1. The number of carboxylic acids is 1. The summed E-state index contributed by atoms with van der Waals surface area (Å²) in [6, 6.07) is 24.7. The van der Waals surface area contributed by atoms with Gasteiger partial charge in [0.05, 0.1) is 11.7 Å². The number of carbonyl (C=O) groups excluding carboxylic acids is 1. The molecule has 0 fully saturated rings. The topological polar surface area (TPSA) is 73.4 Å². The molecule has 4 aromatic rings. The Kier molecular flexibility index (Phi) is 3.95. The maximum absolute atomic E-state index is 13.1. The van der Waals surface area contributed by atoms with Crippen molar-refractivity contribution in [1.82, 2.24) is 9.88 Å². The number of nitrogens with zero attached hydrogens (tertiary/aromatic N) is 1. The Balaban J connectivity index is 1.82. The van der Waals surface area contributed by atoms with Crippen molar-refractivity contribution in [1.29, 1.82) is 0 Å². The predicted molar refractivity (Wildman–Crippen MR) is 111 cm³/mol. The standard InChI is InChI=1S/C24H18N2O3/c27-20(28)14-26-23(16-10-4-5-11-17(16)24(26)29)21-18-12-6-7-13-19(18)25-22(21)15-8-2-1-3-9-15/h1-13,23,25H,14H2,(H,27,28). The summed E-state index contributed by atoms with van der Waals surface area (Å²) in [4.78, 5) is 29.6. The Bertz CT molecular complexity index is 1240. The lowest BCUT2D eigenvalue weighted by molar-refractivity contribution is -0.138. The number of nitrogens with one attached hydrogen (secondary N) is 1. The Morgan fingerprint density at radius 3 is 2.41 bits per heavy atom. The van der Waals surface area contributed by atoms with E-state index < -0.39 is 12.0 Å². The highest BCUT2D eigenvalue weighted by Gasteiger charge is 2.40. The number of amides is 1. The molecular formula is C24H18N2O3. The van der Waals surface area contributed by atoms with Crippen molar-refractivity contribution >= 4 is 22.8 Å². The van der Waals surface area contributed by atoms with Gasteiger partial charge in [0.1, 0.15) is 6.54 Å². The molecule has 5 rings (SSSR count). The summed E-state index contributed by atoms with van der Waals surface area (Å²) in [5.41, 5.74) is 5.16. The van der Waals surface area contributed by atoms with E-state index in [4.69, 9.17) is 0 Å². The molecule has 1 aromatic heterocycles. The lowest BCUT2D eigenvalue weighted by Crippen LogP contribution is -2.34. The molecule has 2 heterocycles. The normalized spacial score (nSPS) is 15.7. The highest BCUT2D eigenvalue weighted by molar-refractivity contribution is 6.03. The molecule has 5 nitrogen and oxygen atoms in total. The Morgan fingerprint density at radius 2 is 1.62 bits per heavy atom. The minimum atomic E-state index is -1.03. The van der Waals surface area contributed by atoms with Crippen molar-refractivity contribution in [3.05, 3.63) is 95.6 Å². The van der Waals surface area contributed by atoms with Crippen molar-refractivity contribution in [2.75, 3.05) is 6.54 Å². The number of carbonyl (C=O) groups is 2. The molecule has 29 heavy (non-hydrogen) atoms. The van der Waals surface area contributed by atoms with Crippen LogP contribution in [0.3, 0.4) is 0 Å². The third-order valence-corrected chi connectivity index (χ3v) is 5.45. The van der Waals surface area contributed by atoms with Crippen molar-refractivity contribution in [3.63, 3.8) is 0 Å². The van der Waals surface area contributed by atoms with Crippen molar-refractivity contribution in [3.8, 4) is 11.3 Å². The van der Waals surface area contributed by atoms with E-state index in [-0.39, 0.29) is 12.5 Å². The first kappa shape index (κ1) is 17.3. The molecule has 5 heteroatoms. The van der Waals surface area contributed by atoms with Crippen LogP contribution in [0, 0.1) is 0 Å². The Morgan fingerprint density at radius 1 is 0.931 bits per heavy atom. The van der Waals surface area contributed by atoms with Gasteiger partial charge >= 0.3 is 5.97 Å². The first-order chi connectivity index (χ1) is 14.1. The number of para-hydroxylation sites is 1. The zero-order valence-corrected chi connectivity index (χ0v) is 15.5. The second kappa shape index (κ2) is 6.63. The van der Waals surface area contributed by atoms with Crippen LogP contribution in [0.15, 0.2) is 78.9 Å². The Labute approximate surface area is 167 Å². The third kappa shape index (κ3) is 2.70. The van der Waals surface area contributed by atoms with E-state index in [1.165, 1.54) is 4.90 Å². The van der Waals surface area contributed by atoms with E-state index in [0.29, 0.717) is 5.56 Å². The summed E-state index contributed by atoms with van der Waals surface area (Å²) >= 11 is 0. The number of rotatable bonds is 4. The van der Waals surface area contributed by atoms with Crippen LogP contribution in [-0.4, -0.2) is 33.4 Å². The van der Waals surface area contributed by atoms with E-state index in [2.05, 4.69) is 4.98 Å². The molecular weight excluding hydrogens is 364 g/mol. The largest absolute Gasteiger partial charge is 0.480 e. The summed E-state index contributed by atoms with van der Waals surface area (Å²) in [6.07, 6.45) is 0. The fourth-order valence-corrected chi connectivity index (χ4v) is 4.27. The minimum Gasteiger partial charge on any atom is -0.480 e. The first-order valence-corrected chi connectivity index (χ1v) is 9.43. The molecule has 0 bridgehead atoms. The highest BCUT2D eigenvalue weighted by atomic mass is 16.4. The van der Waals surface area contributed by atoms with Gasteiger partial charge in [-0.1, -0.05) is 66.7 Å². The maximum atomic E-state index is 13.1. The average molecular weight is 382 g/mol. The number of carboxylic acid groups (broad SMARTS) is 1. The number of fused-ring (bicyclic) bond motifs is 2. The van der Waals surface area contributed by atoms with Crippen LogP contribution in [0.2, 0.25) is 0 Å². The van der Waals surface area contributed by atoms with Gasteiger partial charge in [0.15, 0.2) is 0 Å². The van der Waals surface area contributed by atoms with E-state index in [1.54, 1.807) is 6.07 Å². The molecule has 2 N–H and O–H groups in total. The summed E-state index contributed by atoms with van der Waals surface area (Å²) in [7, 11) is 0. The van der Waals surface area contributed by atoms with Crippen molar-refractivity contribution < 1.29 is 14.7 Å². The van der Waals surface area contributed by atoms with E-state index in [1.807, 2.05) is 72.8 Å². The van der Waals surface area contributed by atoms with Crippen LogP contribution in [0.1, 0.15) is 27.5 Å². The predicted octanol–water partition coefficient (Wildman–Crippen LogP) is 4.46. The van der Waals surface area contributed by atoms with Gasteiger partial charge in [-0.15, -0.1) is 0 Å². The summed E-state index contributed by atoms with van der Waals surface area (Å²) in [6.45, 7) is -0.355. The number of benzene rings is 3. The lowest BCUT2D eigenvalue weighted by atomic mass is 9.93. The molecule has 0 spiro atoms. The van der Waals surface area contributed by atoms with Crippen LogP contribution < -0.4 is 0 Å². The minimum absolute atomic E-state index is 0.253. The van der Waals surface area contributed by atoms with Gasteiger partial charge in [-0.2, -0.15) is 0 Å². The SMILES string of the molecule is O=C(O)CN1C(=O)c2ccccc2C1c1c(-c2ccccc2)[nH]c2ccccc12. The van der Waals surface area contributed by atoms with Gasteiger partial charge in [0.25, 0.3) is 5.91 Å². The van der Waals surface area contributed by atoms with Crippen LogP contribution in [0.4, 0.5) is 0 Å². The van der Waals surface area contributed by atoms with Gasteiger partial charge in [0.2, 0.25) is 0 Å². The fourth-order valence-electron chi connectivity index (χ4n) is 4.27. The molecule has 1 unspecified atom stereocenters. The van der Waals surface area contributed by atoms with Crippen molar-refractivity contribution in [2.45, 2.75) is 6.04 Å². The highest BCUT2D eigenvalue weighted by Crippen LogP contribution is 2.45. The van der Waals surface area contributed by atoms with Crippen LogP contribution in [0.25, 0.3) is 22.2 Å². The fraction of sp³-hybridized carbons (Fsp3) is 0.0833. The van der Waals surface area contributed by atoms with E-state index in [0.717, 1.165) is 33.3 Å². The number of hydrogen-bond donors (Lipinski definition) is 2. The molecule has 1 aliphatic rings. The molecule has 0 radical (unpaired) electrons. The van der Waals surface area contributed by atoms with E-state index in [9.17, 15) is 14.7 Å². The van der Waals surface area contributed by atoms with Crippen molar-refractivity contribution in [2.24, 2.45) is 0 Å². The molecule has 142 valence electrons. The molecule has 1 aliphatic heterocycles. The number of aromatic amines is 1. The molecule has 1 atom stereocenters. The zero-order valence-electron chi connectivity index (χ0n) is 15.5. The quantitative estimate of drug-likeness (QED) is 0.547. The van der Waals surface area contributed by atoms with Gasteiger partial charge in [-0.3, -0.25) is 9.59 Å². The lowest BCUT2D eigenvalue weighted by Gasteiger charge is -2.25. The van der Waals surface area contributed by atoms with Crippen LogP contribution in [-0.2, 0) is 4.79 Å². The average Bonchev–Trinajstić information content (AvgIpc) is 3.24. The summed E-state index contributed by atoms with van der Waals surface area (Å²) < 4.78 is 0. The second-order valence-electron chi connectivity index (χ2n) is 7.14. The third-order valence-electron chi connectivity index (χ3n) is 5.45. The Hall–Kier alpha value is -3.86.